The van der Waals surface area contributed by atoms with Crippen molar-refractivity contribution >= 4 is 16.0 Å². The van der Waals surface area contributed by atoms with E-state index < -0.39 is 16.0 Å². The number of nitrogens with one attached hydrogen (secondary N) is 1. The summed E-state index contributed by atoms with van der Waals surface area (Å²) in [6.07, 6.45) is 1.80. The van der Waals surface area contributed by atoms with Gasteiger partial charge in [0.05, 0.1) is 24.9 Å². The zero-order valence-corrected chi connectivity index (χ0v) is 11.6. The first-order chi connectivity index (χ1) is 8.96. The molecule has 2 N–H and O–H groups in total. The van der Waals surface area contributed by atoms with Gasteiger partial charge in [-0.3, -0.25) is 9.69 Å². The molecule has 2 saturated heterocycles. The van der Waals surface area contributed by atoms with Crippen LogP contribution in [0.15, 0.2) is 0 Å². The summed E-state index contributed by atoms with van der Waals surface area (Å²) in [7, 11) is -3.53. The van der Waals surface area contributed by atoms with E-state index in [9.17, 15) is 13.2 Å². The Labute approximate surface area is 113 Å². The van der Waals surface area contributed by atoms with Gasteiger partial charge in [0, 0.05) is 19.1 Å². The van der Waals surface area contributed by atoms with Crippen molar-refractivity contribution in [2.24, 2.45) is 0 Å². The molecular weight excluding hydrogens is 272 g/mol. The Morgan fingerprint density at radius 3 is 3.00 bits per heavy atom. The van der Waals surface area contributed by atoms with Crippen molar-refractivity contribution in [2.45, 2.75) is 31.4 Å². The summed E-state index contributed by atoms with van der Waals surface area (Å²) in [4.78, 5) is 12.7. The fourth-order valence-electron chi connectivity index (χ4n) is 2.52. The van der Waals surface area contributed by atoms with Crippen LogP contribution in [0.1, 0.15) is 19.3 Å². The number of rotatable bonds is 6. The molecule has 2 aliphatic heterocycles. The normalized spacial score (nSPS) is 28.2. The first kappa shape index (κ1) is 14.7. The largest absolute Gasteiger partial charge is 0.481 e. The van der Waals surface area contributed by atoms with E-state index in [0.29, 0.717) is 12.6 Å². The highest BCUT2D eigenvalue weighted by molar-refractivity contribution is 7.89. The number of carboxylic acids is 1. The minimum atomic E-state index is -3.53. The van der Waals surface area contributed by atoms with E-state index in [4.69, 9.17) is 9.84 Å². The molecule has 0 spiro atoms. The third-order valence-electron chi connectivity index (χ3n) is 3.58. The number of nitrogens with zero attached hydrogens (tertiary/aromatic N) is 1. The summed E-state index contributed by atoms with van der Waals surface area (Å²) in [5.41, 5.74) is 0. The zero-order valence-electron chi connectivity index (χ0n) is 10.7. The average Bonchev–Trinajstić information content (AvgIpc) is 2.81. The van der Waals surface area contributed by atoms with Crippen molar-refractivity contribution in [1.29, 1.82) is 0 Å². The van der Waals surface area contributed by atoms with Crippen LogP contribution in [-0.4, -0.2) is 68.5 Å². The van der Waals surface area contributed by atoms with Crippen LogP contribution in [0.4, 0.5) is 0 Å². The van der Waals surface area contributed by atoms with Gasteiger partial charge in [0.25, 0.3) is 0 Å². The lowest BCUT2D eigenvalue weighted by Crippen LogP contribution is -2.50. The number of hydrogen-bond acceptors (Lipinski definition) is 5. The van der Waals surface area contributed by atoms with Crippen LogP contribution in [0.25, 0.3) is 0 Å². The van der Waals surface area contributed by atoms with Crippen LogP contribution in [0.5, 0.6) is 0 Å². The molecule has 110 valence electrons. The summed E-state index contributed by atoms with van der Waals surface area (Å²) in [6.45, 7) is 2.66. The summed E-state index contributed by atoms with van der Waals surface area (Å²) in [5, 5.41) is 8.47. The quantitative estimate of drug-likeness (QED) is 0.668. The highest BCUT2D eigenvalue weighted by atomic mass is 32.2. The van der Waals surface area contributed by atoms with Crippen molar-refractivity contribution < 1.29 is 23.1 Å². The lowest BCUT2D eigenvalue weighted by Gasteiger charge is -2.35. The fraction of sp³-hybridized carbons (Fsp3) is 0.909. The maximum atomic E-state index is 11.6. The molecule has 0 aromatic rings. The standard InChI is InChI=1S/C11H20N2O5S/c14-11(15)3-5-19(16,17)12-6-10-7-13-4-1-2-9(13)8-18-10/h9-10,12H,1-8H2,(H,14,15). The van der Waals surface area contributed by atoms with Crippen LogP contribution in [0.3, 0.4) is 0 Å². The smallest absolute Gasteiger partial charge is 0.304 e. The molecule has 0 amide bonds. The molecular formula is C11H20N2O5S. The van der Waals surface area contributed by atoms with Gasteiger partial charge in [0.1, 0.15) is 0 Å². The van der Waals surface area contributed by atoms with Crippen LogP contribution >= 0.6 is 0 Å². The predicted octanol–water partition coefficient (Wildman–Crippen LogP) is -0.756. The first-order valence-electron chi connectivity index (χ1n) is 6.51. The maximum Gasteiger partial charge on any atom is 0.304 e. The number of carboxylic acid groups (broad SMARTS) is 1. The molecule has 0 radical (unpaired) electrons. The number of carbonyl (C=O) groups is 1. The number of morpholine rings is 1. The summed E-state index contributed by atoms with van der Waals surface area (Å²) in [5.74, 6) is -1.50. The van der Waals surface area contributed by atoms with E-state index in [0.717, 1.165) is 19.5 Å². The number of ether oxygens (including phenoxy) is 1. The maximum absolute atomic E-state index is 11.6. The third kappa shape index (κ3) is 4.41. The molecule has 8 heteroatoms. The van der Waals surface area contributed by atoms with Crippen LogP contribution in [0.2, 0.25) is 0 Å². The van der Waals surface area contributed by atoms with Crippen molar-refractivity contribution in [3.8, 4) is 0 Å². The predicted molar refractivity (Wildman–Crippen MR) is 68.4 cm³/mol. The lowest BCUT2D eigenvalue weighted by atomic mass is 10.2. The van der Waals surface area contributed by atoms with Crippen LogP contribution < -0.4 is 4.72 Å². The molecule has 19 heavy (non-hydrogen) atoms. The summed E-state index contributed by atoms with van der Waals surface area (Å²) in [6, 6.07) is 0.486. The highest BCUT2D eigenvalue weighted by Crippen LogP contribution is 2.22. The van der Waals surface area contributed by atoms with Crippen molar-refractivity contribution in [2.75, 3.05) is 32.0 Å². The molecule has 2 heterocycles. The molecule has 0 aromatic carbocycles. The fourth-order valence-corrected chi connectivity index (χ4v) is 3.55. The van der Waals surface area contributed by atoms with Gasteiger partial charge < -0.3 is 9.84 Å². The van der Waals surface area contributed by atoms with E-state index in [-0.39, 0.29) is 24.8 Å². The van der Waals surface area contributed by atoms with Gasteiger partial charge in [-0.1, -0.05) is 0 Å². The molecule has 2 unspecified atom stereocenters. The minimum Gasteiger partial charge on any atom is -0.481 e. The number of hydrogen-bond donors (Lipinski definition) is 2. The van der Waals surface area contributed by atoms with Gasteiger partial charge in [-0.2, -0.15) is 0 Å². The van der Waals surface area contributed by atoms with E-state index in [1.807, 2.05) is 0 Å². The Bertz CT molecular complexity index is 425. The number of fused-ring (bicyclic) bond motifs is 1. The van der Waals surface area contributed by atoms with Crippen LogP contribution in [0, 0.1) is 0 Å². The Kier molecular flexibility index (Phi) is 4.77. The highest BCUT2D eigenvalue weighted by Gasteiger charge is 2.32. The number of sulfonamides is 1. The second-order valence-electron chi connectivity index (χ2n) is 5.06. The molecule has 0 bridgehead atoms. The van der Waals surface area contributed by atoms with Gasteiger partial charge in [-0.05, 0) is 19.4 Å². The van der Waals surface area contributed by atoms with Gasteiger partial charge in [-0.25, -0.2) is 13.1 Å². The second-order valence-corrected chi connectivity index (χ2v) is 6.98. The SMILES string of the molecule is O=C(O)CCS(=O)(=O)NCC1CN2CCCC2CO1. The topological polar surface area (TPSA) is 95.9 Å². The molecule has 0 aromatic heterocycles. The Morgan fingerprint density at radius 1 is 1.47 bits per heavy atom. The molecule has 2 rings (SSSR count). The van der Waals surface area contributed by atoms with Crippen LogP contribution in [-0.2, 0) is 19.6 Å². The van der Waals surface area contributed by atoms with Crippen molar-refractivity contribution in [3.05, 3.63) is 0 Å². The van der Waals surface area contributed by atoms with Gasteiger partial charge >= 0.3 is 5.97 Å². The van der Waals surface area contributed by atoms with Crippen molar-refractivity contribution in [3.63, 3.8) is 0 Å². The molecule has 2 fully saturated rings. The minimum absolute atomic E-state index is 0.144. The molecule has 2 aliphatic rings. The van der Waals surface area contributed by atoms with E-state index >= 15 is 0 Å². The van der Waals surface area contributed by atoms with E-state index in [1.165, 1.54) is 6.42 Å². The van der Waals surface area contributed by atoms with Gasteiger partial charge in [-0.15, -0.1) is 0 Å². The average molecular weight is 292 g/mol. The first-order valence-corrected chi connectivity index (χ1v) is 8.16. The van der Waals surface area contributed by atoms with Gasteiger partial charge in [0.15, 0.2) is 0 Å². The van der Waals surface area contributed by atoms with Gasteiger partial charge in [0.2, 0.25) is 10.0 Å². The zero-order chi connectivity index (χ0) is 13.9. The van der Waals surface area contributed by atoms with Crippen molar-refractivity contribution in [1.82, 2.24) is 9.62 Å². The monoisotopic (exact) mass is 292 g/mol. The van der Waals surface area contributed by atoms with E-state index in [2.05, 4.69) is 9.62 Å². The Balaban J connectivity index is 1.74. The second kappa shape index (κ2) is 6.17. The Hall–Kier alpha value is -0.700. The molecule has 0 saturated carbocycles. The molecule has 2 atom stereocenters. The lowest BCUT2D eigenvalue weighted by molar-refractivity contribution is -0.136. The third-order valence-corrected chi connectivity index (χ3v) is 4.93. The number of aliphatic carboxylic acids is 1. The Morgan fingerprint density at radius 2 is 2.26 bits per heavy atom. The molecule has 7 nitrogen and oxygen atoms in total. The summed E-state index contributed by atoms with van der Waals surface area (Å²) >= 11 is 0. The summed E-state index contributed by atoms with van der Waals surface area (Å²) < 4.78 is 31.2. The molecule has 0 aliphatic carbocycles. The van der Waals surface area contributed by atoms with E-state index in [1.54, 1.807) is 0 Å².